The van der Waals surface area contributed by atoms with E-state index in [2.05, 4.69) is 130 Å². The molecule has 0 bridgehead atoms. The monoisotopic (exact) mass is 1040 g/mol. The minimum absolute atomic E-state index is 0.0872. The standard InChI is InChI=1S/C69H116O6/c1-4-7-10-13-16-19-22-25-27-29-31-32-33-34-35-36-38-39-41-44-47-50-53-56-59-62-68(71)74-65-66(64-73-67(70)61-58-55-52-49-46-43-24-21-18-15-12-9-6-3)75-69(72)63-60-57-54-51-48-45-42-40-37-30-28-26-23-20-17-14-11-8-5-2/h7,10,16-17,19-20,25-28,31-32,34-35,37-40,66H,4-6,8-9,11-15,18,21-24,29-30,33,36,41-65H2,1-3H3/b10-7-,19-16-,20-17-,27-25-,28-26-,32-31-,35-34-,39-38-,40-37-. The van der Waals surface area contributed by atoms with Crippen LogP contribution in [0.1, 0.15) is 290 Å². The summed E-state index contributed by atoms with van der Waals surface area (Å²) in [6, 6.07) is 0. The van der Waals surface area contributed by atoms with E-state index in [0.29, 0.717) is 19.3 Å². The van der Waals surface area contributed by atoms with Gasteiger partial charge in [0.1, 0.15) is 13.2 Å². The first-order valence-electron chi connectivity index (χ1n) is 31.4. The lowest BCUT2D eigenvalue weighted by Gasteiger charge is -2.18. The van der Waals surface area contributed by atoms with E-state index in [4.69, 9.17) is 14.2 Å². The second-order valence-corrected chi connectivity index (χ2v) is 20.6. The van der Waals surface area contributed by atoms with Gasteiger partial charge in [0.25, 0.3) is 0 Å². The van der Waals surface area contributed by atoms with Crippen LogP contribution in [0.5, 0.6) is 0 Å². The highest BCUT2D eigenvalue weighted by Crippen LogP contribution is 2.15. The topological polar surface area (TPSA) is 78.9 Å². The highest BCUT2D eigenvalue weighted by Gasteiger charge is 2.19. The van der Waals surface area contributed by atoms with Crippen molar-refractivity contribution in [2.45, 2.75) is 297 Å². The molecule has 0 aromatic heterocycles. The molecule has 1 unspecified atom stereocenters. The number of ether oxygens (including phenoxy) is 3. The molecule has 75 heavy (non-hydrogen) atoms. The molecule has 0 N–H and O–H groups in total. The number of rotatable bonds is 56. The number of unbranched alkanes of at least 4 members (excludes halogenated alkanes) is 27. The molecule has 6 nitrogen and oxygen atoms in total. The molecular formula is C69H116O6. The van der Waals surface area contributed by atoms with Crippen molar-refractivity contribution in [1.29, 1.82) is 0 Å². The van der Waals surface area contributed by atoms with E-state index in [1.165, 1.54) is 116 Å². The quantitative estimate of drug-likeness (QED) is 0.0261. The molecule has 0 aromatic rings. The first-order chi connectivity index (χ1) is 37.0. The van der Waals surface area contributed by atoms with Crippen molar-refractivity contribution in [2.75, 3.05) is 13.2 Å². The van der Waals surface area contributed by atoms with Gasteiger partial charge >= 0.3 is 17.9 Å². The first-order valence-corrected chi connectivity index (χ1v) is 31.4. The van der Waals surface area contributed by atoms with Gasteiger partial charge in [0.15, 0.2) is 6.10 Å². The zero-order chi connectivity index (χ0) is 54.3. The normalized spacial score (nSPS) is 12.8. The molecule has 0 aliphatic rings. The smallest absolute Gasteiger partial charge is 0.306 e. The maximum atomic E-state index is 12.9. The summed E-state index contributed by atoms with van der Waals surface area (Å²) in [6.45, 7) is 6.49. The highest BCUT2D eigenvalue weighted by molar-refractivity contribution is 5.71. The van der Waals surface area contributed by atoms with Gasteiger partial charge in [-0.1, -0.05) is 271 Å². The van der Waals surface area contributed by atoms with Crippen molar-refractivity contribution in [2.24, 2.45) is 0 Å². The summed E-state index contributed by atoms with van der Waals surface area (Å²) < 4.78 is 16.9. The van der Waals surface area contributed by atoms with Crippen LogP contribution in [0.2, 0.25) is 0 Å². The van der Waals surface area contributed by atoms with Crippen LogP contribution in [0.15, 0.2) is 109 Å². The molecule has 0 aromatic carbocycles. The first kappa shape index (κ1) is 71.1. The Morgan fingerprint density at radius 1 is 0.280 bits per heavy atom. The third kappa shape index (κ3) is 60.8. The van der Waals surface area contributed by atoms with E-state index < -0.39 is 6.10 Å². The van der Waals surface area contributed by atoms with Gasteiger partial charge in [0.2, 0.25) is 0 Å². The number of allylic oxidation sites excluding steroid dienone is 18. The maximum Gasteiger partial charge on any atom is 0.306 e. The van der Waals surface area contributed by atoms with Crippen LogP contribution in [0.25, 0.3) is 0 Å². The lowest BCUT2D eigenvalue weighted by Crippen LogP contribution is -2.30. The van der Waals surface area contributed by atoms with Gasteiger partial charge < -0.3 is 14.2 Å². The van der Waals surface area contributed by atoms with Crippen molar-refractivity contribution in [1.82, 2.24) is 0 Å². The zero-order valence-electron chi connectivity index (χ0n) is 49.0. The van der Waals surface area contributed by atoms with Crippen LogP contribution >= 0.6 is 0 Å². The van der Waals surface area contributed by atoms with E-state index in [1.54, 1.807) is 0 Å². The summed E-state index contributed by atoms with van der Waals surface area (Å²) >= 11 is 0. The summed E-state index contributed by atoms with van der Waals surface area (Å²) in [5.41, 5.74) is 0. The molecule has 0 fully saturated rings. The second kappa shape index (κ2) is 62.6. The van der Waals surface area contributed by atoms with Crippen molar-refractivity contribution in [3.8, 4) is 0 Å². The fourth-order valence-corrected chi connectivity index (χ4v) is 8.57. The minimum Gasteiger partial charge on any atom is -0.462 e. The predicted octanol–water partition coefficient (Wildman–Crippen LogP) is 21.4. The Morgan fingerprint density at radius 3 is 0.840 bits per heavy atom. The van der Waals surface area contributed by atoms with E-state index in [1.807, 2.05) is 0 Å². The average molecular weight is 1040 g/mol. The predicted molar refractivity (Wildman–Crippen MR) is 325 cm³/mol. The van der Waals surface area contributed by atoms with Crippen molar-refractivity contribution in [3.63, 3.8) is 0 Å². The summed E-state index contributed by atoms with van der Waals surface area (Å²) in [6.07, 6.45) is 85.1. The molecule has 0 saturated carbocycles. The number of hydrogen-bond acceptors (Lipinski definition) is 6. The molecule has 0 spiro atoms. The lowest BCUT2D eigenvalue weighted by atomic mass is 10.0. The van der Waals surface area contributed by atoms with Crippen LogP contribution in [0.3, 0.4) is 0 Å². The molecule has 0 heterocycles. The van der Waals surface area contributed by atoms with Gasteiger partial charge in [-0.2, -0.15) is 0 Å². The highest BCUT2D eigenvalue weighted by atomic mass is 16.6. The van der Waals surface area contributed by atoms with Gasteiger partial charge in [0.05, 0.1) is 0 Å². The van der Waals surface area contributed by atoms with Crippen LogP contribution in [-0.2, 0) is 28.6 Å². The molecule has 0 aliphatic heterocycles. The Kier molecular flexibility index (Phi) is 59.3. The number of esters is 3. The molecule has 1 atom stereocenters. The van der Waals surface area contributed by atoms with E-state index in [9.17, 15) is 14.4 Å². The van der Waals surface area contributed by atoms with Gasteiger partial charge in [-0.15, -0.1) is 0 Å². The zero-order valence-corrected chi connectivity index (χ0v) is 49.0. The minimum atomic E-state index is -0.793. The molecule has 428 valence electrons. The molecular weight excluding hydrogens is 925 g/mol. The maximum absolute atomic E-state index is 12.9. The summed E-state index contributed by atoms with van der Waals surface area (Å²) in [5, 5.41) is 0. The third-order valence-electron chi connectivity index (χ3n) is 13.3. The van der Waals surface area contributed by atoms with Crippen molar-refractivity contribution >= 4 is 17.9 Å². The van der Waals surface area contributed by atoms with Gasteiger partial charge in [0, 0.05) is 19.3 Å². The molecule has 0 rings (SSSR count). The molecule has 0 saturated heterocycles. The molecule has 0 radical (unpaired) electrons. The van der Waals surface area contributed by atoms with Crippen LogP contribution in [0, 0.1) is 0 Å². The largest absolute Gasteiger partial charge is 0.462 e. The number of carbonyl (C=O) groups excluding carboxylic acids is 3. The average Bonchev–Trinajstić information content (AvgIpc) is 3.41. The molecule has 0 aliphatic carbocycles. The SMILES string of the molecule is CC/C=C\C/C=C\C/C=C\C/C=C\C/C=C\C/C=C\CCCCCCCCC(=O)OCC(COC(=O)CCCCCCCCCCCCCCC)OC(=O)CCCCCCCC/C=C\C/C=C\C/C=C\CCCCC. The van der Waals surface area contributed by atoms with Crippen molar-refractivity contribution in [3.05, 3.63) is 109 Å². The Bertz CT molecular complexity index is 1520. The lowest BCUT2D eigenvalue weighted by molar-refractivity contribution is -0.167. The summed E-state index contributed by atoms with van der Waals surface area (Å²) in [7, 11) is 0. The second-order valence-electron chi connectivity index (χ2n) is 20.6. The third-order valence-corrected chi connectivity index (χ3v) is 13.3. The Morgan fingerprint density at radius 2 is 0.520 bits per heavy atom. The van der Waals surface area contributed by atoms with Crippen LogP contribution in [0.4, 0.5) is 0 Å². The fraction of sp³-hybridized carbons (Fsp3) is 0.696. The molecule has 0 amide bonds. The van der Waals surface area contributed by atoms with Gasteiger partial charge in [-0.25, -0.2) is 0 Å². The summed E-state index contributed by atoms with van der Waals surface area (Å²) in [4.78, 5) is 38.3. The fourth-order valence-electron chi connectivity index (χ4n) is 8.57. The molecule has 6 heteroatoms. The van der Waals surface area contributed by atoms with Crippen molar-refractivity contribution < 1.29 is 28.6 Å². The van der Waals surface area contributed by atoms with Gasteiger partial charge in [-0.3, -0.25) is 14.4 Å². The van der Waals surface area contributed by atoms with Crippen LogP contribution < -0.4 is 0 Å². The Balaban J connectivity index is 4.40. The Hall–Kier alpha value is -3.93. The summed E-state index contributed by atoms with van der Waals surface area (Å²) in [5.74, 6) is -0.908. The number of carbonyl (C=O) groups is 3. The number of hydrogen-bond donors (Lipinski definition) is 0. The Labute approximate surface area is 463 Å². The van der Waals surface area contributed by atoms with E-state index in [0.717, 1.165) is 135 Å². The van der Waals surface area contributed by atoms with E-state index >= 15 is 0 Å². The van der Waals surface area contributed by atoms with Gasteiger partial charge in [-0.05, 0) is 109 Å². The van der Waals surface area contributed by atoms with E-state index in [-0.39, 0.29) is 31.1 Å². The van der Waals surface area contributed by atoms with Crippen LogP contribution in [-0.4, -0.2) is 37.2 Å².